The Balaban J connectivity index is 1.43. The molecule has 0 unspecified atom stereocenters. The number of ether oxygens (including phenoxy) is 1. The largest absolute Gasteiger partial charge is 0.380 e. The van der Waals surface area contributed by atoms with Gasteiger partial charge in [0.15, 0.2) is 0 Å². The van der Waals surface area contributed by atoms with E-state index in [1.54, 1.807) is 12.3 Å². The van der Waals surface area contributed by atoms with Crippen molar-refractivity contribution in [3.8, 4) is 0 Å². The Kier molecular flexibility index (Phi) is 4.40. The van der Waals surface area contributed by atoms with E-state index in [9.17, 15) is 13.2 Å². The Morgan fingerprint density at radius 3 is 2.63 bits per heavy atom. The molecule has 1 spiro atoms. The van der Waals surface area contributed by atoms with Gasteiger partial charge in [-0.15, -0.1) is 0 Å². The maximum Gasteiger partial charge on any atom is 0.258 e. The number of carbonyl (C=O) groups excluding carboxylic acids is 1. The highest BCUT2D eigenvalue weighted by Gasteiger charge is 2.50. The van der Waals surface area contributed by atoms with Crippen molar-refractivity contribution >= 4 is 38.9 Å². The maximum absolute atomic E-state index is 12.5. The van der Waals surface area contributed by atoms with E-state index in [1.807, 2.05) is 4.68 Å². The first-order valence-corrected chi connectivity index (χ1v) is 10.7. The molecule has 0 radical (unpaired) electrons. The van der Waals surface area contributed by atoms with Gasteiger partial charge in [0, 0.05) is 22.3 Å². The van der Waals surface area contributed by atoms with Gasteiger partial charge in [-0.1, -0.05) is 11.6 Å². The van der Waals surface area contributed by atoms with Crippen LogP contribution in [0.2, 0.25) is 5.02 Å². The summed E-state index contributed by atoms with van der Waals surface area (Å²) < 4.78 is 32.2. The molecule has 2 fully saturated rings. The fourth-order valence-corrected chi connectivity index (χ4v) is 4.33. The molecular formula is C17H19ClN4O4S. The summed E-state index contributed by atoms with van der Waals surface area (Å²) in [4.78, 5) is 12.5. The lowest BCUT2D eigenvalue weighted by Gasteiger charge is -2.53. The number of amides is 1. The molecule has 2 N–H and O–H groups in total. The van der Waals surface area contributed by atoms with Gasteiger partial charge in [0.05, 0.1) is 43.0 Å². The number of hydrogen-bond donors (Lipinski definition) is 2. The minimum atomic E-state index is -3.44. The molecule has 1 aliphatic heterocycles. The summed E-state index contributed by atoms with van der Waals surface area (Å²) in [5.74, 6) is -0.338. The molecule has 144 valence electrons. The highest BCUT2D eigenvalue weighted by molar-refractivity contribution is 7.92. The highest BCUT2D eigenvalue weighted by Crippen LogP contribution is 2.52. The van der Waals surface area contributed by atoms with Crippen LogP contribution in [-0.4, -0.2) is 43.6 Å². The van der Waals surface area contributed by atoms with E-state index in [1.165, 1.54) is 18.3 Å². The molecule has 1 aromatic heterocycles. The smallest absolute Gasteiger partial charge is 0.258 e. The number of aromatic nitrogens is 2. The van der Waals surface area contributed by atoms with Crippen LogP contribution in [0, 0.1) is 5.41 Å². The third-order valence-electron chi connectivity index (χ3n) is 4.85. The summed E-state index contributed by atoms with van der Waals surface area (Å²) in [6.45, 7) is 1.63. The predicted molar refractivity (Wildman–Crippen MR) is 102 cm³/mol. The van der Waals surface area contributed by atoms with E-state index < -0.39 is 10.0 Å². The average Bonchev–Trinajstić information content (AvgIpc) is 2.91. The van der Waals surface area contributed by atoms with Crippen LogP contribution in [0.1, 0.15) is 29.2 Å². The van der Waals surface area contributed by atoms with Crippen molar-refractivity contribution in [2.45, 2.75) is 18.9 Å². The van der Waals surface area contributed by atoms with Gasteiger partial charge in [0.2, 0.25) is 10.0 Å². The second kappa shape index (κ2) is 6.50. The third kappa shape index (κ3) is 3.95. The average molecular weight is 411 g/mol. The summed E-state index contributed by atoms with van der Waals surface area (Å²) in [5.41, 5.74) is 1.42. The van der Waals surface area contributed by atoms with Gasteiger partial charge in [0.1, 0.15) is 0 Å². The van der Waals surface area contributed by atoms with Crippen molar-refractivity contribution in [2.75, 3.05) is 29.5 Å². The van der Waals surface area contributed by atoms with Gasteiger partial charge < -0.3 is 10.1 Å². The molecule has 27 heavy (non-hydrogen) atoms. The first-order valence-electron chi connectivity index (χ1n) is 8.43. The maximum atomic E-state index is 12.5. The predicted octanol–water partition coefficient (Wildman–Crippen LogP) is 2.51. The monoisotopic (exact) mass is 410 g/mol. The van der Waals surface area contributed by atoms with Gasteiger partial charge in [0.25, 0.3) is 5.91 Å². The quantitative estimate of drug-likeness (QED) is 0.788. The van der Waals surface area contributed by atoms with Gasteiger partial charge in [-0.2, -0.15) is 5.10 Å². The number of nitrogens with one attached hydrogen (secondary N) is 2. The second-order valence-corrected chi connectivity index (χ2v) is 9.51. The minimum absolute atomic E-state index is 0.276. The Bertz CT molecular complexity index is 992. The van der Waals surface area contributed by atoms with Crippen LogP contribution in [0.15, 0.2) is 30.6 Å². The lowest BCUT2D eigenvalue weighted by molar-refractivity contribution is -0.175. The van der Waals surface area contributed by atoms with E-state index in [0.29, 0.717) is 27.7 Å². The van der Waals surface area contributed by atoms with E-state index >= 15 is 0 Å². The van der Waals surface area contributed by atoms with Crippen LogP contribution in [0.3, 0.4) is 0 Å². The van der Waals surface area contributed by atoms with Crippen molar-refractivity contribution in [1.29, 1.82) is 0 Å². The Hall–Kier alpha value is -2.10. The molecule has 0 atom stereocenters. The number of carbonyl (C=O) groups is 1. The SMILES string of the molecule is CS(=O)(=O)Nc1cc(Cl)cc(NC(=O)c2cnn(C3CC4(COC4)C3)c2)c1. The Morgan fingerprint density at radius 2 is 2.00 bits per heavy atom. The summed E-state index contributed by atoms with van der Waals surface area (Å²) in [7, 11) is -3.44. The van der Waals surface area contributed by atoms with E-state index in [-0.39, 0.29) is 11.6 Å². The number of hydrogen-bond acceptors (Lipinski definition) is 5. The molecule has 0 bridgehead atoms. The highest BCUT2D eigenvalue weighted by atomic mass is 35.5. The van der Waals surface area contributed by atoms with Crippen molar-refractivity contribution in [2.24, 2.45) is 5.41 Å². The molecular weight excluding hydrogens is 392 g/mol. The number of anilines is 2. The minimum Gasteiger partial charge on any atom is -0.380 e. The first-order chi connectivity index (χ1) is 12.7. The zero-order valence-electron chi connectivity index (χ0n) is 14.6. The Morgan fingerprint density at radius 1 is 1.30 bits per heavy atom. The number of nitrogens with zero attached hydrogens (tertiary/aromatic N) is 2. The molecule has 2 aromatic rings. The van der Waals surface area contributed by atoms with Crippen LogP contribution in [-0.2, 0) is 14.8 Å². The number of benzene rings is 1. The van der Waals surface area contributed by atoms with Crippen LogP contribution in [0.25, 0.3) is 0 Å². The second-order valence-electron chi connectivity index (χ2n) is 7.32. The zero-order chi connectivity index (χ0) is 19.2. The van der Waals surface area contributed by atoms with Crippen LogP contribution >= 0.6 is 11.6 Å². The van der Waals surface area contributed by atoms with Crippen molar-refractivity contribution in [3.05, 3.63) is 41.2 Å². The fourth-order valence-electron chi connectivity index (χ4n) is 3.55. The summed E-state index contributed by atoms with van der Waals surface area (Å²) in [5, 5.41) is 7.33. The summed E-state index contributed by atoms with van der Waals surface area (Å²) in [6, 6.07) is 4.81. The molecule has 10 heteroatoms. The lowest BCUT2D eigenvalue weighted by atomic mass is 9.64. The van der Waals surface area contributed by atoms with E-state index in [4.69, 9.17) is 16.3 Å². The van der Waals surface area contributed by atoms with Crippen LogP contribution in [0.4, 0.5) is 11.4 Å². The van der Waals surface area contributed by atoms with Crippen LogP contribution in [0.5, 0.6) is 0 Å². The molecule has 4 rings (SSSR count). The van der Waals surface area contributed by atoms with Gasteiger partial charge in [-0.3, -0.25) is 14.2 Å². The molecule has 8 nitrogen and oxygen atoms in total. The molecule has 2 aliphatic rings. The molecule has 1 aromatic carbocycles. The lowest BCUT2D eigenvalue weighted by Crippen LogP contribution is -2.52. The molecule has 1 amide bonds. The van der Waals surface area contributed by atoms with Gasteiger partial charge >= 0.3 is 0 Å². The zero-order valence-corrected chi connectivity index (χ0v) is 16.2. The van der Waals surface area contributed by atoms with E-state index in [0.717, 1.165) is 32.3 Å². The van der Waals surface area contributed by atoms with Crippen LogP contribution < -0.4 is 10.0 Å². The standard InChI is InChI=1S/C17H19ClN4O4S/c1-27(24,25)21-14-3-12(18)2-13(4-14)20-16(23)11-7-19-22(8-11)15-5-17(6-15)9-26-10-17/h2-4,7-8,15,21H,5-6,9-10H2,1H3,(H,20,23). The van der Waals surface area contributed by atoms with E-state index in [2.05, 4.69) is 15.1 Å². The summed E-state index contributed by atoms with van der Waals surface area (Å²) in [6.07, 6.45) is 6.33. The summed E-state index contributed by atoms with van der Waals surface area (Å²) >= 11 is 6.01. The fraction of sp³-hybridized carbons (Fsp3) is 0.412. The molecule has 2 heterocycles. The number of sulfonamides is 1. The number of rotatable bonds is 5. The Labute approximate surface area is 161 Å². The normalized spacial score (nSPS) is 18.6. The van der Waals surface area contributed by atoms with Crippen molar-refractivity contribution in [3.63, 3.8) is 0 Å². The third-order valence-corrected chi connectivity index (χ3v) is 5.68. The van der Waals surface area contributed by atoms with Gasteiger partial charge in [-0.25, -0.2) is 8.42 Å². The van der Waals surface area contributed by atoms with Gasteiger partial charge in [-0.05, 0) is 31.0 Å². The number of halogens is 1. The topological polar surface area (TPSA) is 102 Å². The van der Waals surface area contributed by atoms with Crippen molar-refractivity contribution < 1.29 is 17.9 Å². The first kappa shape index (κ1) is 18.3. The molecule has 1 saturated heterocycles. The molecule has 1 saturated carbocycles. The molecule has 1 aliphatic carbocycles. The van der Waals surface area contributed by atoms with Crippen molar-refractivity contribution in [1.82, 2.24) is 9.78 Å².